The predicted molar refractivity (Wildman–Crippen MR) is 72.1 cm³/mol. The van der Waals surface area contributed by atoms with Crippen LogP contribution in [0.1, 0.15) is 48.0 Å². The summed E-state index contributed by atoms with van der Waals surface area (Å²) in [5.41, 5.74) is -0.511. The molecule has 1 rings (SSSR count). The van der Waals surface area contributed by atoms with Gasteiger partial charge in [0, 0.05) is 0 Å². The molecule has 1 heterocycles. The SMILES string of the molecule is CCC(C)(C)C(=O)OC1C(C)[CH-]C(=O)OC1C(C)C.[Rf]. The van der Waals surface area contributed by atoms with Crippen LogP contribution in [0.2, 0.25) is 0 Å². The molecule has 0 bridgehead atoms. The van der Waals surface area contributed by atoms with Gasteiger partial charge >= 0.3 is 5.97 Å². The van der Waals surface area contributed by atoms with E-state index in [1.54, 1.807) is 0 Å². The van der Waals surface area contributed by atoms with E-state index in [9.17, 15) is 9.59 Å². The zero-order valence-electron chi connectivity index (χ0n) is 13.4. The quantitative estimate of drug-likeness (QED) is 0.410. The normalized spacial score (nSPS) is 26.4. The molecule has 0 saturated carbocycles. The molecule has 0 aromatic carbocycles. The third-order valence-corrected chi connectivity index (χ3v) is 3.83. The molecule has 0 spiro atoms. The summed E-state index contributed by atoms with van der Waals surface area (Å²) in [5, 5.41) is 0. The number of hydrogen-bond acceptors (Lipinski definition) is 4. The first-order valence-electron chi connectivity index (χ1n) is 6.95. The molecule has 1 saturated heterocycles. The van der Waals surface area contributed by atoms with Crippen molar-refractivity contribution in [1.82, 2.24) is 0 Å². The Balaban J connectivity index is 0.00000361. The number of rotatable bonds is 4. The number of carbonyl (C=O) groups is 2. The fraction of sp³-hybridized carbons (Fsp3) is 0.800. The molecule has 3 unspecified atom stereocenters. The minimum atomic E-state index is -0.511. The zero-order chi connectivity index (χ0) is 14.8. The van der Waals surface area contributed by atoms with Crippen LogP contribution in [0.5, 0.6) is 0 Å². The van der Waals surface area contributed by atoms with Gasteiger partial charge in [0.1, 0.15) is 12.2 Å². The fourth-order valence-electron chi connectivity index (χ4n) is 1.97. The first kappa shape index (κ1) is 17.8. The minimum Gasteiger partial charge on any atom is -0.481 e. The Morgan fingerprint density at radius 2 is 2.00 bits per heavy atom. The van der Waals surface area contributed by atoms with Gasteiger partial charge < -0.3 is 9.47 Å². The monoisotopic (exact) mass is 536 g/mol. The summed E-state index contributed by atoms with van der Waals surface area (Å²) >= 11 is 0. The smallest absolute Gasteiger partial charge is 0.311 e. The second kappa shape index (κ2) is 6.31. The second-order valence-electron chi connectivity index (χ2n) is 6.28. The summed E-state index contributed by atoms with van der Waals surface area (Å²) in [5.74, 6) is -0.565. The van der Waals surface area contributed by atoms with Crippen LogP contribution in [-0.4, -0.2) is 24.1 Å². The van der Waals surface area contributed by atoms with Crippen LogP contribution in [0, 0.1) is 23.7 Å². The van der Waals surface area contributed by atoms with E-state index >= 15 is 0 Å². The molecule has 112 valence electrons. The number of esters is 2. The first-order valence-corrected chi connectivity index (χ1v) is 6.95. The Bertz CT molecular complexity index is 352. The van der Waals surface area contributed by atoms with Crippen LogP contribution >= 0.6 is 0 Å². The third kappa shape index (κ3) is 3.65. The van der Waals surface area contributed by atoms with Crippen LogP contribution in [0.4, 0.5) is 0 Å². The van der Waals surface area contributed by atoms with E-state index in [2.05, 4.69) is 0 Å². The van der Waals surface area contributed by atoms with E-state index in [4.69, 9.17) is 9.47 Å². The van der Waals surface area contributed by atoms with E-state index in [-0.39, 0.29) is 29.9 Å². The molecule has 5 heteroatoms. The van der Waals surface area contributed by atoms with Crippen molar-refractivity contribution in [3.05, 3.63) is 6.42 Å². The van der Waals surface area contributed by atoms with E-state index in [1.807, 2.05) is 41.5 Å². The molecule has 0 N–H and O–H groups in total. The molecular weight excluding hydrogens is 511 g/mol. The molecule has 1 fully saturated rings. The summed E-state index contributed by atoms with van der Waals surface area (Å²) in [7, 11) is 0. The summed E-state index contributed by atoms with van der Waals surface area (Å²) in [6.07, 6.45) is 1.43. The summed E-state index contributed by atoms with van der Waals surface area (Å²) < 4.78 is 10.9. The Labute approximate surface area is 115 Å². The molecule has 3 atom stereocenters. The predicted octanol–water partition coefficient (Wildman–Crippen LogP) is 2.76. The van der Waals surface area contributed by atoms with Gasteiger partial charge in [-0.1, -0.05) is 27.7 Å². The maximum absolute atomic E-state index is 12.2. The summed E-state index contributed by atoms with van der Waals surface area (Å²) in [4.78, 5) is 23.6. The molecule has 0 aromatic heterocycles. The van der Waals surface area contributed by atoms with Gasteiger partial charge in [0.05, 0.1) is 5.41 Å². The van der Waals surface area contributed by atoms with E-state index in [1.165, 1.54) is 6.42 Å². The van der Waals surface area contributed by atoms with Crippen molar-refractivity contribution in [2.75, 3.05) is 0 Å². The van der Waals surface area contributed by atoms with Crippen LogP contribution < -0.4 is 0 Å². The molecule has 1 aliphatic rings. The average Bonchev–Trinajstić information content (AvgIpc) is 2.31. The molecule has 20 heavy (non-hydrogen) atoms. The molecule has 0 amide bonds. The van der Waals surface area contributed by atoms with E-state index in [0.717, 1.165) is 0 Å². The molecular formula is C15H25O4Rf-. The maximum atomic E-state index is 12.2. The minimum absolute atomic E-state index is 0. The Hall–Kier alpha value is -2.19. The number of hydrogen-bond donors (Lipinski definition) is 0. The number of carbonyl (C=O) groups excluding carboxylic acids is 2. The van der Waals surface area contributed by atoms with Crippen molar-refractivity contribution >= 4 is 11.9 Å². The molecule has 0 aromatic rings. The Morgan fingerprint density at radius 3 is 2.45 bits per heavy atom. The molecule has 4 nitrogen and oxygen atoms in total. The standard InChI is InChI=1S/C15H25O4.Rf/c1-7-15(5,6)14(17)19-13-10(4)8-11(16)18-12(13)9(2)3;/h8-10,12-13H,7H2,1-6H3;/q-1;. The topological polar surface area (TPSA) is 52.6 Å². The zero-order valence-corrected chi connectivity index (χ0v) is 19.8. The van der Waals surface area contributed by atoms with Crippen LogP contribution in [0.15, 0.2) is 0 Å². The van der Waals surface area contributed by atoms with Gasteiger partial charge in [-0.25, -0.2) is 0 Å². The van der Waals surface area contributed by atoms with E-state index in [0.29, 0.717) is 6.42 Å². The fourth-order valence-corrected chi connectivity index (χ4v) is 1.97. The van der Waals surface area contributed by atoms with Gasteiger partial charge in [0.2, 0.25) is 0 Å². The van der Waals surface area contributed by atoms with Crippen LogP contribution in [0.25, 0.3) is 0 Å². The second-order valence-corrected chi connectivity index (χ2v) is 6.28. The number of cyclic esters (lactones) is 1. The van der Waals surface area contributed by atoms with Gasteiger partial charge in [0.15, 0.2) is 5.97 Å². The maximum Gasteiger partial charge on any atom is 0.311 e. The third-order valence-electron chi connectivity index (χ3n) is 3.83. The average molecular weight is 536 g/mol. The van der Waals surface area contributed by atoms with Crippen LogP contribution in [0.3, 0.4) is 0 Å². The summed E-state index contributed by atoms with van der Waals surface area (Å²) in [6.45, 7) is 11.5. The first-order chi connectivity index (χ1) is 8.69. The van der Waals surface area contributed by atoms with E-state index < -0.39 is 11.5 Å². The van der Waals surface area contributed by atoms with Gasteiger partial charge in [-0.15, -0.1) is 5.92 Å². The van der Waals surface area contributed by atoms with Gasteiger partial charge in [0.25, 0.3) is 0 Å². The van der Waals surface area contributed by atoms with Gasteiger partial charge in [-0.05, 0) is 26.2 Å². The largest absolute Gasteiger partial charge is 0.481 e. The van der Waals surface area contributed by atoms with Crippen LogP contribution in [-0.2, 0) is 19.1 Å². The van der Waals surface area contributed by atoms with Crippen molar-refractivity contribution in [1.29, 1.82) is 0 Å². The van der Waals surface area contributed by atoms with Gasteiger partial charge in [-0.3, -0.25) is 16.0 Å². The Morgan fingerprint density at radius 1 is 1.45 bits per heavy atom. The Kier molecular flexibility index (Phi) is 5.62. The molecule has 0 aliphatic carbocycles. The van der Waals surface area contributed by atoms with Gasteiger partial charge in [-0.2, -0.15) is 0 Å². The number of ether oxygens (including phenoxy) is 2. The van der Waals surface area contributed by atoms with Crippen molar-refractivity contribution in [3.63, 3.8) is 0 Å². The molecule has 1 aliphatic heterocycles. The van der Waals surface area contributed by atoms with Crippen molar-refractivity contribution in [2.24, 2.45) is 17.3 Å². The van der Waals surface area contributed by atoms with Crippen molar-refractivity contribution < 1.29 is 19.1 Å². The van der Waals surface area contributed by atoms with Crippen molar-refractivity contribution in [3.8, 4) is 0 Å². The molecule has 0 radical (unpaired) electrons. The van der Waals surface area contributed by atoms with Crippen molar-refractivity contribution in [2.45, 2.75) is 60.2 Å². The summed E-state index contributed by atoms with van der Waals surface area (Å²) in [6, 6.07) is 0.